The van der Waals surface area contributed by atoms with Crippen LogP contribution in [0.3, 0.4) is 0 Å². The van der Waals surface area contributed by atoms with Crippen LogP contribution in [-0.2, 0) is 9.59 Å². The lowest BCUT2D eigenvalue weighted by molar-refractivity contribution is -0.123. The number of carbonyl (C=O) groups is 4. The van der Waals surface area contributed by atoms with E-state index < -0.39 is 23.4 Å². The SMILES string of the molecule is Cc1cc(NC(=O)C(C)(C)NC(=O)Oc2ccc(Cl)s2)ccc1C(=O)N1CCCC(C(N)=O)C1. The number of halogens is 1. The van der Waals surface area contributed by atoms with Crippen LogP contribution < -0.4 is 21.1 Å². The Labute approximate surface area is 206 Å². The second-order valence-electron chi connectivity index (χ2n) is 8.67. The summed E-state index contributed by atoms with van der Waals surface area (Å²) in [6.45, 7) is 5.72. The lowest BCUT2D eigenvalue weighted by Gasteiger charge is -2.31. The summed E-state index contributed by atoms with van der Waals surface area (Å²) in [6, 6.07) is 8.10. The number of amides is 4. The molecular formula is C23H27ClN4O5S. The molecule has 2 heterocycles. The number of aryl methyl sites for hydroxylation is 1. The summed E-state index contributed by atoms with van der Waals surface area (Å²) in [4.78, 5) is 51.1. The van der Waals surface area contributed by atoms with Crippen molar-refractivity contribution in [3.63, 3.8) is 0 Å². The third-order valence-electron chi connectivity index (χ3n) is 5.55. The molecule has 3 rings (SSSR count). The average Bonchev–Trinajstić information content (AvgIpc) is 3.17. The molecule has 1 aromatic heterocycles. The molecule has 0 saturated carbocycles. The van der Waals surface area contributed by atoms with E-state index in [4.69, 9.17) is 22.1 Å². The van der Waals surface area contributed by atoms with E-state index in [1.54, 1.807) is 56.0 Å². The number of thiophene rings is 1. The molecular weight excluding hydrogens is 480 g/mol. The van der Waals surface area contributed by atoms with Crippen LogP contribution >= 0.6 is 22.9 Å². The van der Waals surface area contributed by atoms with Crippen molar-refractivity contribution in [2.75, 3.05) is 18.4 Å². The Morgan fingerprint density at radius 3 is 2.56 bits per heavy atom. The molecule has 4 N–H and O–H groups in total. The van der Waals surface area contributed by atoms with Gasteiger partial charge in [-0.25, -0.2) is 4.79 Å². The number of nitrogens with one attached hydrogen (secondary N) is 2. The monoisotopic (exact) mass is 506 g/mol. The zero-order valence-corrected chi connectivity index (χ0v) is 20.7. The third kappa shape index (κ3) is 6.27. The fourth-order valence-corrected chi connectivity index (χ4v) is 4.49. The molecule has 182 valence electrons. The van der Waals surface area contributed by atoms with Crippen molar-refractivity contribution in [3.05, 3.63) is 45.8 Å². The maximum Gasteiger partial charge on any atom is 0.414 e. The summed E-state index contributed by atoms with van der Waals surface area (Å²) in [7, 11) is 0. The molecule has 0 bridgehead atoms. The van der Waals surface area contributed by atoms with Gasteiger partial charge < -0.3 is 26.0 Å². The second kappa shape index (κ2) is 10.4. The normalized spacial score (nSPS) is 16.0. The molecule has 1 fully saturated rings. The third-order valence-corrected chi connectivity index (χ3v) is 6.66. The number of likely N-dealkylation sites (tertiary alicyclic amines) is 1. The molecule has 0 aliphatic carbocycles. The number of primary amides is 1. The zero-order chi connectivity index (χ0) is 25.0. The summed E-state index contributed by atoms with van der Waals surface area (Å²) in [5.41, 5.74) is 5.76. The summed E-state index contributed by atoms with van der Waals surface area (Å²) in [5.74, 6) is -1.38. The maximum atomic E-state index is 13.0. The van der Waals surface area contributed by atoms with Gasteiger partial charge in [-0.1, -0.05) is 22.9 Å². The highest BCUT2D eigenvalue weighted by molar-refractivity contribution is 7.17. The standard InChI is InChI=1S/C23H27ClN4O5S/c1-13-11-15(6-7-16(13)20(30)28-10-4-5-14(12-28)19(25)29)26-21(31)23(2,3)27-22(32)33-18-9-8-17(24)34-18/h6-9,11,14H,4-5,10,12H2,1-3H3,(H2,25,29)(H,26,31)(H,27,32). The molecule has 1 unspecified atom stereocenters. The van der Waals surface area contributed by atoms with Crippen LogP contribution in [0.5, 0.6) is 5.06 Å². The molecule has 34 heavy (non-hydrogen) atoms. The van der Waals surface area contributed by atoms with E-state index in [1.165, 1.54) is 0 Å². The molecule has 2 aromatic rings. The minimum Gasteiger partial charge on any atom is -0.399 e. The lowest BCUT2D eigenvalue weighted by atomic mass is 9.96. The second-order valence-corrected chi connectivity index (χ2v) is 10.4. The largest absolute Gasteiger partial charge is 0.414 e. The summed E-state index contributed by atoms with van der Waals surface area (Å²) >= 11 is 6.92. The number of anilines is 1. The van der Waals surface area contributed by atoms with Gasteiger partial charge in [0.2, 0.25) is 11.8 Å². The number of carbonyl (C=O) groups excluding carboxylic acids is 4. The lowest BCUT2D eigenvalue weighted by Crippen LogP contribution is -2.53. The van der Waals surface area contributed by atoms with Gasteiger partial charge in [0.25, 0.3) is 5.91 Å². The van der Waals surface area contributed by atoms with E-state index >= 15 is 0 Å². The number of nitrogens with two attached hydrogens (primary N) is 1. The van der Waals surface area contributed by atoms with Crippen LogP contribution in [0.15, 0.2) is 30.3 Å². The van der Waals surface area contributed by atoms with E-state index in [-0.39, 0.29) is 11.8 Å². The van der Waals surface area contributed by atoms with Crippen LogP contribution in [-0.4, -0.2) is 47.3 Å². The quantitative estimate of drug-likeness (QED) is 0.551. The Kier molecular flexibility index (Phi) is 7.83. The van der Waals surface area contributed by atoms with Gasteiger partial charge in [-0.3, -0.25) is 14.4 Å². The highest BCUT2D eigenvalue weighted by Gasteiger charge is 2.31. The highest BCUT2D eigenvalue weighted by atomic mass is 35.5. The number of hydrogen-bond donors (Lipinski definition) is 3. The first-order chi connectivity index (χ1) is 16.0. The predicted molar refractivity (Wildman–Crippen MR) is 130 cm³/mol. The van der Waals surface area contributed by atoms with Crippen molar-refractivity contribution in [2.24, 2.45) is 11.7 Å². The van der Waals surface area contributed by atoms with Crippen molar-refractivity contribution >= 4 is 52.4 Å². The van der Waals surface area contributed by atoms with Gasteiger partial charge in [0.15, 0.2) is 5.06 Å². The fourth-order valence-electron chi connectivity index (χ4n) is 3.61. The van der Waals surface area contributed by atoms with E-state index in [9.17, 15) is 19.2 Å². The molecule has 11 heteroatoms. The topological polar surface area (TPSA) is 131 Å². The van der Waals surface area contributed by atoms with Crippen molar-refractivity contribution in [2.45, 2.75) is 39.2 Å². The molecule has 1 aromatic carbocycles. The van der Waals surface area contributed by atoms with E-state index in [2.05, 4.69) is 10.6 Å². The molecule has 9 nitrogen and oxygen atoms in total. The molecule has 0 spiro atoms. The van der Waals surface area contributed by atoms with Crippen LogP contribution in [0.25, 0.3) is 0 Å². The summed E-state index contributed by atoms with van der Waals surface area (Å²) < 4.78 is 5.62. The van der Waals surface area contributed by atoms with Crippen LogP contribution in [0, 0.1) is 12.8 Å². The van der Waals surface area contributed by atoms with E-state index in [1.807, 2.05) is 0 Å². The van der Waals surface area contributed by atoms with Crippen molar-refractivity contribution < 1.29 is 23.9 Å². The van der Waals surface area contributed by atoms with Crippen LogP contribution in [0.4, 0.5) is 10.5 Å². The minimum atomic E-state index is -1.28. The first-order valence-corrected chi connectivity index (χ1v) is 11.9. The number of rotatable bonds is 6. The van der Waals surface area contributed by atoms with Crippen molar-refractivity contribution in [1.29, 1.82) is 0 Å². The van der Waals surface area contributed by atoms with Gasteiger partial charge in [0.05, 0.1) is 10.3 Å². The van der Waals surface area contributed by atoms with Crippen molar-refractivity contribution in [1.82, 2.24) is 10.2 Å². The molecule has 1 atom stereocenters. The van der Waals surface area contributed by atoms with Crippen LogP contribution in [0.1, 0.15) is 42.6 Å². The Morgan fingerprint density at radius 2 is 1.94 bits per heavy atom. The Hall–Kier alpha value is -3.11. The number of ether oxygens (including phenoxy) is 1. The number of benzene rings is 1. The van der Waals surface area contributed by atoms with Gasteiger partial charge in [-0.15, -0.1) is 0 Å². The zero-order valence-electron chi connectivity index (χ0n) is 19.1. The van der Waals surface area contributed by atoms with E-state index in [0.717, 1.165) is 17.8 Å². The molecule has 1 aliphatic heterocycles. The first-order valence-electron chi connectivity index (χ1n) is 10.7. The number of nitrogens with zero attached hydrogens (tertiary/aromatic N) is 1. The molecule has 4 amide bonds. The van der Waals surface area contributed by atoms with E-state index in [0.29, 0.717) is 45.7 Å². The Morgan fingerprint density at radius 1 is 1.21 bits per heavy atom. The highest BCUT2D eigenvalue weighted by Crippen LogP contribution is 2.28. The van der Waals surface area contributed by atoms with Crippen LogP contribution in [0.2, 0.25) is 4.34 Å². The molecule has 0 radical (unpaired) electrons. The van der Waals surface area contributed by atoms with Gasteiger partial charge >= 0.3 is 6.09 Å². The molecule has 1 aliphatic rings. The average molecular weight is 507 g/mol. The maximum absolute atomic E-state index is 13.0. The van der Waals surface area contributed by atoms with Gasteiger partial charge in [-0.05, 0) is 69.5 Å². The number of piperidine rings is 1. The predicted octanol–water partition coefficient (Wildman–Crippen LogP) is 3.55. The minimum absolute atomic E-state index is 0.181. The molecule has 1 saturated heterocycles. The smallest absolute Gasteiger partial charge is 0.399 e. The van der Waals surface area contributed by atoms with Gasteiger partial charge in [-0.2, -0.15) is 0 Å². The Bertz CT molecular complexity index is 1120. The van der Waals surface area contributed by atoms with Crippen molar-refractivity contribution in [3.8, 4) is 5.06 Å². The summed E-state index contributed by atoms with van der Waals surface area (Å²) in [6.07, 6.45) is 0.615. The van der Waals surface area contributed by atoms with Gasteiger partial charge in [0.1, 0.15) is 5.54 Å². The summed E-state index contributed by atoms with van der Waals surface area (Å²) in [5, 5.41) is 5.59. The number of hydrogen-bond acceptors (Lipinski definition) is 6. The Balaban J connectivity index is 1.62. The van der Waals surface area contributed by atoms with Gasteiger partial charge in [0, 0.05) is 24.3 Å². The first kappa shape index (κ1) is 25.5. The fraction of sp³-hybridized carbons (Fsp3) is 0.391.